The van der Waals surface area contributed by atoms with Crippen molar-refractivity contribution in [3.05, 3.63) is 35.1 Å². The fourth-order valence-electron chi connectivity index (χ4n) is 4.33. The van der Waals surface area contributed by atoms with Gasteiger partial charge in [0.05, 0.1) is 13.1 Å². The van der Waals surface area contributed by atoms with Crippen molar-refractivity contribution in [3.63, 3.8) is 0 Å². The molecule has 2 aliphatic rings. The second-order valence-electron chi connectivity index (χ2n) is 9.04. The normalized spacial score (nSPS) is 18.3. The van der Waals surface area contributed by atoms with Gasteiger partial charge in [-0.15, -0.1) is 0 Å². The molecule has 2 fully saturated rings. The topological polar surface area (TPSA) is 54.4 Å². The molecule has 1 aromatic carbocycles. The van der Waals surface area contributed by atoms with E-state index in [9.17, 15) is 9.18 Å². The van der Waals surface area contributed by atoms with Gasteiger partial charge in [0.25, 0.3) is 0 Å². The molecule has 0 atom stereocenters. The monoisotopic (exact) mass is 446 g/mol. The number of aliphatic imine (C=N–C) groups is 1. The van der Waals surface area contributed by atoms with Crippen LogP contribution in [0.2, 0.25) is 0 Å². The number of carbonyl (C=O) groups excluding carboxylic acids is 1. The van der Waals surface area contributed by atoms with Crippen molar-refractivity contribution >= 4 is 11.9 Å². The van der Waals surface area contributed by atoms with Crippen molar-refractivity contribution < 1.29 is 9.18 Å². The van der Waals surface area contributed by atoms with Gasteiger partial charge in [-0.05, 0) is 58.0 Å². The summed E-state index contributed by atoms with van der Waals surface area (Å²) in [6.45, 7) is 9.68. The summed E-state index contributed by atoms with van der Waals surface area (Å²) in [7, 11) is 3.88. The summed E-state index contributed by atoms with van der Waals surface area (Å²) < 4.78 is 14.1. The van der Waals surface area contributed by atoms with Crippen LogP contribution in [0.1, 0.15) is 37.3 Å². The number of guanidine groups is 1. The van der Waals surface area contributed by atoms with Crippen LogP contribution < -0.4 is 5.32 Å². The quantitative estimate of drug-likeness (QED) is 0.513. The third-order valence-corrected chi connectivity index (χ3v) is 6.08. The Morgan fingerprint density at radius 1 is 1.06 bits per heavy atom. The molecule has 3 rings (SSSR count). The number of piperidine rings is 1. The molecule has 2 aliphatic heterocycles. The van der Waals surface area contributed by atoms with Gasteiger partial charge in [-0.25, -0.2) is 9.38 Å². The van der Waals surface area contributed by atoms with Gasteiger partial charge in [-0.1, -0.05) is 6.07 Å². The Hall–Kier alpha value is -2.19. The predicted molar refractivity (Wildman–Crippen MR) is 127 cm³/mol. The van der Waals surface area contributed by atoms with E-state index in [2.05, 4.69) is 22.0 Å². The summed E-state index contributed by atoms with van der Waals surface area (Å²) >= 11 is 0. The lowest BCUT2D eigenvalue weighted by Gasteiger charge is -2.37. The number of piperazine rings is 1. The van der Waals surface area contributed by atoms with Gasteiger partial charge in [0.15, 0.2) is 5.96 Å². The Morgan fingerprint density at radius 2 is 1.78 bits per heavy atom. The zero-order valence-corrected chi connectivity index (χ0v) is 19.9. The summed E-state index contributed by atoms with van der Waals surface area (Å²) in [5.41, 5.74) is 1.70. The van der Waals surface area contributed by atoms with Crippen LogP contribution in [0, 0.1) is 5.82 Å². The molecular weight excluding hydrogens is 407 g/mol. The molecule has 7 nitrogen and oxygen atoms in total. The van der Waals surface area contributed by atoms with Crippen LogP contribution in [-0.2, 0) is 17.9 Å². The van der Waals surface area contributed by atoms with E-state index >= 15 is 0 Å². The SMILES string of the molecule is CCNC(=NCc1ccc(F)c(CN(C)C)c1)N1CCN(CC(=O)N2CCCCC2)CC1. The minimum atomic E-state index is -0.173. The lowest BCUT2D eigenvalue weighted by molar-refractivity contribution is -0.133. The maximum Gasteiger partial charge on any atom is 0.236 e. The van der Waals surface area contributed by atoms with E-state index < -0.39 is 0 Å². The highest BCUT2D eigenvalue weighted by atomic mass is 19.1. The minimum absolute atomic E-state index is 0.173. The molecule has 0 aliphatic carbocycles. The summed E-state index contributed by atoms with van der Waals surface area (Å²) in [6, 6.07) is 5.26. The first-order valence-corrected chi connectivity index (χ1v) is 11.9. The van der Waals surface area contributed by atoms with Crippen LogP contribution in [0.5, 0.6) is 0 Å². The van der Waals surface area contributed by atoms with Crippen LogP contribution in [0.3, 0.4) is 0 Å². The molecule has 0 saturated carbocycles. The molecule has 1 N–H and O–H groups in total. The number of amides is 1. The van der Waals surface area contributed by atoms with E-state index in [1.807, 2.05) is 36.0 Å². The highest BCUT2D eigenvalue weighted by molar-refractivity contribution is 5.80. The smallest absolute Gasteiger partial charge is 0.236 e. The Kier molecular flexibility index (Phi) is 9.29. The fourth-order valence-corrected chi connectivity index (χ4v) is 4.33. The first-order valence-electron chi connectivity index (χ1n) is 11.9. The summed E-state index contributed by atoms with van der Waals surface area (Å²) in [6.07, 6.45) is 3.50. The van der Waals surface area contributed by atoms with E-state index in [4.69, 9.17) is 4.99 Å². The molecule has 8 heteroatoms. The van der Waals surface area contributed by atoms with Gasteiger partial charge < -0.3 is 20.0 Å². The number of rotatable bonds is 7. The second kappa shape index (κ2) is 12.2. The zero-order valence-electron chi connectivity index (χ0n) is 19.9. The first kappa shape index (κ1) is 24.5. The number of likely N-dealkylation sites (tertiary alicyclic amines) is 1. The Labute approximate surface area is 192 Å². The van der Waals surface area contributed by atoms with E-state index in [0.29, 0.717) is 25.2 Å². The minimum Gasteiger partial charge on any atom is -0.357 e. The van der Waals surface area contributed by atoms with Gasteiger partial charge in [0, 0.05) is 57.9 Å². The van der Waals surface area contributed by atoms with Gasteiger partial charge in [-0.2, -0.15) is 0 Å². The molecule has 2 saturated heterocycles. The number of halogens is 1. The van der Waals surface area contributed by atoms with Crippen LogP contribution in [0.4, 0.5) is 4.39 Å². The molecule has 0 aromatic heterocycles. The number of benzene rings is 1. The largest absolute Gasteiger partial charge is 0.357 e. The van der Waals surface area contributed by atoms with E-state index in [-0.39, 0.29) is 11.7 Å². The number of hydrogen-bond donors (Lipinski definition) is 1. The van der Waals surface area contributed by atoms with Gasteiger partial charge in [0.2, 0.25) is 5.91 Å². The second-order valence-corrected chi connectivity index (χ2v) is 9.04. The Balaban J connectivity index is 1.54. The van der Waals surface area contributed by atoms with Crippen LogP contribution in [-0.4, -0.2) is 97.9 Å². The molecule has 2 heterocycles. The average molecular weight is 447 g/mol. The average Bonchev–Trinajstić information content (AvgIpc) is 2.79. The molecule has 178 valence electrons. The van der Waals surface area contributed by atoms with Crippen LogP contribution in [0.15, 0.2) is 23.2 Å². The third-order valence-electron chi connectivity index (χ3n) is 6.08. The van der Waals surface area contributed by atoms with Crippen LogP contribution in [0.25, 0.3) is 0 Å². The Morgan fingerprint density at radius 3 is 2.44 bits per heavy atom. The number of nitrogens with zero attached hydrogens (tertiary/aromatic N) is 5. The third kappa shape index (κ3) is 7.17. The molecular formula is C24H39FN6O. The van der Waals surface area contributed by atoms with Crippen molar-refractivity contribution in [2.75, 3.05) is 66.5 Å². The standard InChI is InChI=1S/C24H39FN6O/c1-4-26-24(27-17-20-8-9-22(25)21(16-20)18-28(2)3)31-14-12-29(13-15-31)19-23(32)30-10-6-5-7-11-30/h8-9,16H,4-7,10-15,17-19H2,1-3H3,(H,26,27). The fraction of sp³-hybridized carbons (Fsp3) is 0.667. The van der Waals surface area contributed by atoms with Crippen molar-refractivity contribution in [1.82, 2.24) is 24.9 Å². The lowest BCUT2D eigenvalue weighted by Crippen LogP contribution is -2.54. The molecule has 0 unspecified atom stereocenters. The van der Waals surface area contributed by atoms with Crippen LogP contribution >= 0.6 is 0 Å². The van der Waals surface area contributed by atoms with Gasteiger partial charge in [-0.3, -0.25) is 9.69 Å². The number of hydrogen-bond acceptors (Lipinski definition) is 4. The predicted octanol–water partition coefficient (Wildman–Crippen LogP) is 1.98. The van der Waals surface area contributed by atoms with Gasteiger partial charge in [0.1, 0.15) is 5.82 Å². The van der Waals surface area contributed by atoms with E-state index in [0.717, 1.165) is 70.2 Å². The summed E-state index contributed by atoms with van der Waals surface area (Å²) in [5, 5.41) is 3.39. The first-order chi connectivity index (χ1) is 15.5. The number of carbonyl (C=O) groups is 1. The lowest BCUT2D eigenvalue weighted by atomic mass is 10.1. The van der Waals surface area contributed by atoms with Gasteiger partial charge >= 0.3 is 0 Å². The molecule has 32 heavy (non-hydrogen) atoms. The summed E-state index contributed by atoms with van der Waals surface area (Å²) in [5.74, 6) is 0.977. The maximum atomic E-state index is 14.1. The molecule has 0 bridgehead atoms. The molecule has 1 amide bonds. The van der Waals surface area contributed by atoms with Crippen molar-refractivity contribution in [1.29, 1.82) is 0 Å². The maximum absolute atomic E-state index is 14.1. The highest BCUT2D eigenvalue weighted by Gasteiger charge is 2.24. The zero-order chi connectivity index (χ0) is 22.9. The molecule has 0 spiro atoms. The highest BCUT2D eigenvalue weighted by Crippen LogP contribution is 2.14. The van der Waals surface area contributed by atoms with Crippen molar-refractivity contribution in [3.8, 4) is 0 Å². The van der Waals surface area contributed by atoms with E-state index in [1.165, 1.54) is 12.5 Å². The Bertz CT molecular complexity index is 770. The van der Waals surface area contributed by atoms with Crippen molar-refractivity contribution in [2.45, 2.75) is 39.3 Å². The van der Waals surface area contributed by atoms with Crippen molar-refractivity contribution in [2.24, 2.45) is 4.99 Å². The molecule has 1 aromatic rings. The summed E-state index contributed by atoms with van der Waals surface area (Å²) in [4.78, 5) is 25.9. The molecule has 0 radical (unpaired) electrons. The number of nitrogens with one attached hydrogen (secondary N) is 1. The van der Waals surface area contributed by atoms with E-state index in [1.54, 1.807) is 0 Å².